The Bertz CT molecular complexity index is 289. The summed E-state index contributed by atoms with van der Waals surface area (Å²) in [7, 11) is 1.98. The first-order valence-corrected chi connectivity index (χ1v) is 5.91. The molecule has 0 aliphatic carbocycles. The maximum absolute atomic E-state index is 4.64. The van der Waals surface area contributed by atoms with Gasteiger partial charge >= 0.3 is 0 Å². The van der Waals surface area contributed by atoms with Gasteiger partial charge in [-0.25, -0.2) is 0 Å². The summed E-state index contributed by atoms with van der Waals surface area (Å²) in [5.74, 6) is 0. The van der Waals surface area contributed by atoms with Crippen LogP contribution in [0.1, 0.15) is 44.6 Å². The van der Waals surface area contributed by atoms with Crippen LogP contribution in [0.25, 0.3) is 0 Å². The minimum absolute atomic E-state index is 0.467. The molecule has 0 bridgehead atoms. The van der Waals surface area contributed by atoms with Crippen molar-refractivity contribution in [2.24, 2.45) is 0 Å². The molecule has 0 unspecified atom stereocenters. The molecule has 0 amide bonds. The van der Waals surface area contributed by atoms with Gasteiger partial charge in [0.15, 0.2) is 0 Å². The third-order valence-electron chi connectivity index (χ3n) is 2.49. The van der Waals surface area contributed by atoms with Gasteiger partial charge in [0.05, 0.1) is 5.69 Å². The Morgan fingerprint density at radius 2 is 2.13 bits per heavy atom. The maximum atomic E-state index is 4.64. The minimum atomic E-state index is 0.467. The van der Waals surface area contributed by atoms with Crippen molar-refractivity contribution >= 4 is 0 Å². The zero-order chi connectivity index (χ0) is 11.3. The van der Waals surface area contributed by atoms with Gasteiger partial charge in [0, 0.05) is 24.7 Å². The van der Waals surface area contributed by atoms with Crippen molar-refractivity contribution in [3.05, 3.63) is 17.5 Å². The average molecular weight is 209 g/mol. The lowest BCUT2D eigenvalue weighted by Gasteiger charge is -2.09. The Kier molecular flexibility index (Phi) is 4.82. The Labute approximate surface area is 92.9 Å². The van der Waals surface area contributed by atoms with Gasteiger partial charge < -0.3 is 5.32 Å². The summed E-state index contributed by atoms with van der Waals surface area (Å²) in [5, 5.41) is 7.80. The van der Waals surface area contributed by atoms with Gasteiger partial charge in [0.1, 0.15) is 0 Å². The summed E-state index contributed by atoms with van der Waals surface area (Å²) in [4.78, 5) is 0. The Hall–Kier alpha value is -0.830. The molecule has 0 atom stereocenters. The van der Waals surface area contributed by atoms with Crippen molar-refractivity contribution in [3.63, 3.8) is 0 Å². The van der Waals surface area contributed by atoms with Gasteiger partial charge in [0.25, 0.3) is 0 Å². The quantitative estimate of drug-likeness (QED) is 0.778. The zero-order valence-electron chi connectivity index (χ0n) is 10.4. The van der Waals surface area contributed by atoms with Crippen molar-refractivity contribution in [3.8, 4) is 0 Å². The van der Waals surface area contributed by atoms with E-state index in [1.165, 1.54) is 17.8 Å². The monoisotopic (exact) mass is 209 g/mol. The van der Waals surface area contributed by atoms with Crippen LogP contribution in [-0.4, -0.2) is 23.4 Å². The van der Waals surface area contributed by atoms with Crippen molar-refractivity contribution in [2.45, 2.75) is 46.1 Å². The van der Waals surface area contributed by atoms with E-state index in [1.807, 2.05) is 7.05 Å². The summed E-state index contributed by atoms with van der Waals surface area (Å²) in [6, 6.07) is 2.72. The molecule has 15 heavy (non-hydrogen) atoms. The van der Waals surface area contributed by atoms with Crippen molar-refractivity contribution in [2.75, 3.05) is 13.6 Å². The summed E-state index contributed by atoms with van der Waals surface area (Å²) in [6.07, 6.45) is 3.33. The van der Waals surface area contributed by atoms with Gasteiger partial charge in [-0.15, -0.1) is 0 Å². The van der Waals surface area contributed by atoms with Crippen LogP contribution in [0.5, 0.6) is 0 Å². The van der Waals surface area contributed by atoms with Gasteiger partial charge in [0.2, 0.25) is 0 Å². The van der Waals surface area contributed by atoms with Crippen LogP contribution in [0.2, 0.25) is 0 Å². The Morgan fingerprint density at radius 1 is 1.40 bits per heavy atom. The van der Waals surface area contributed by atoms with Crippen LogP contribution in [0.4, 0.5) is 0 Å². The van der Waals surface area contributed by atoms with Crippen molar-refractivity contribution in [1.29, 1.82) is 0 Å². The number of aromatic nitrogens is 2. The Balaban J connectivity index is 2.78. The van der Waals surface area contributed by atoms with Gasteiger partial charge in [-0.1, -0.05) is 13.3 Å². The molecule has 0 spiro atoms. The first kappa shape index (κ1) is 12.2. The lowest BCUT2D eigenvalue weighted by molar-refractivity contribution is 0.502. The first-order chi connectivity index (χ1) is 7.19. The highest BCUT2D eigenvalue weighted by Crippen LogP contribution is 2.13. The van der Waals surface area contributed by atoms with Crippen LogP contribution in [0.3, 0.4) is 0 Å². The summed E-state index contributed by atoms with van der Waals surface area (Å²) in [5.41, 5.74) is 2.58. The predicted molar refractivity (Wildman–Crippen MR) is 64.2 cm³/mol. The third-order valence-corrected chi connectivity index (χ3v) is 2.49. The second-order valence-corrected chi connectivity index (χ2v) is 4.27. The molecule has 1 heterocycles. The predicted octanol–water partition coefficient (Wildman–Crippen LogP) is 2.18. The zero-order valence-corrected chi connectivity index (χ0v) is 10.4. The molecule has 3 heteroatoms. The van der Waals surface area contributed by atoms with Gasteiger partial charge in [-0.05, 0) is 33.4 Å². The van der Waals surface area contributed by atoms with E-state index in [-0.39, 0.29) is 0 Å². The third kappa shape index (κ3) is 3.34. The average Bonchev–Trinajstić information content (AvgIpc) is 2.59. The second kappa shape index (κ2) is 5.91. The molecule has 0 saturated carbocycles. The van der Waals surface area contributed by atoms with Crippen molar-refractivity contribution in [1.82, 2.24) is 15.1 Å². The fourth-order valence-corrected chi connectivity index (χ4v) is 1.76. The highest BCUT2D eigenvalue weighted by molar-refractivity contribution is 5.11. The number of nitrogens with one attached hydrogen (secondary N) is 1. The molecule has 1 aromatic rings. The van der Waals surface area contributed by atoms with E-state index in [1.54, 1.807) is 0 Å². The number of likely N-dealkylation sites (N-methyl/N-ethyl adjacent to an activating group) is 1. The Morgan fingerprint density at radius 3 is 2.67 bits per heavy atom. The molecule has 1 rings (SSSR count). The fraction of sp³-hybridized carbons (Fsp3) is 0.750. The van der Waals surface area contributed by atoms with E-state index < -0.39 is 0 Å². The molecule has 86 valence electrons. The number of aryl methyl sites for hydroxylation is 1. The molecular formula is C12H23N3. The van der Waals surface area contributed by atoms with Crippen molar-refractivity contribution < 1.29 is 0 Å². The largest absolute Gasteiger partial charge is 0.319 e. The smallest absolute Gasteiger partial charge is 0.0640 e. The number of rotatable bonds is 6. The van der Waals surface area contributed by atoms with Crippen LogP contribution in [0, 0.1) is 0 Å². The molecule has 0 aliphatic heterocycles. The summed E-state index contributed by atoms with van der Waals surface area (Å²) < 4.78 is 2.16. The molecule has 0 saturated heterocycles. The minimum Gasteiger partial charge on any atom is -0.319 e. The highest BCUT2D eigenvalue weighted by Gasteiger charge is 2.09. The van der Waals surface area contributed by atoms with Crippen LogP contribution in [-0.2, 0) is 12.8 Å². The molecule has 3 nitrogen and oxygen atoms in total. The van der Waals surface area contributed by atoms with E-state index in [4.69, 9.17) is 0 Å². The molecule has 0 radical (unpaired) electrons. The van der Waals surface area contributed by atoms with E-state index in [0.717, 1.165) is 19.4 Å². The molecule has 1 aromatic heterocycles. The lowest BCUT2D eigenvalue weighted by Crippen LogP contribution is -2.11. The number of hydrogen-bond acceptors (Lipinski definition) is 2. The van der Waals surface area contributed by atoms with Gasteiger partial charge in [-0.3, -0.25) is 4.68 Å². The highest BCUT2D eigenvalue weighted by atomic mass is 15.3. The van der Waals surface area contributed by atoms with Gasteiger partial charge in [-0.2, -0.15) is 5.10 Å². The SMILES string of the molecule is CCCc1cc(CCNC)nn1C(C)C. The molecule has 0 fully saturated rings. The van der Waals surface area contributed by atoms with Crippen LogP contribution in [0.15, 0.2) is 6.07 Å². The molecule has 0 aliphatic rings. The number of nitrogens with zero attached hydrogens (tertiary/aromatic N) is 2. The van der Waals surface area contributed by atoms with Crippen LogP contribution >= 0.6 is 0 Å². The first-order valence-electron chi connectivity index (χ1n) is 5.91. The normalized spacial score (nSPS) is 11.3. The summed E-state index contributed by atoms with van der Waals surface area (Å²) in [6.45, 7) is 7.59. The molecule has 0 aromatic carbocycles. The van der Waals surface area contributed by atoms with E-state index >= 15 is 0 Å². The maximum Gasteiger partial charge on any atom is 0.0640 e. The van der Waals surface area contributed by atoms with E-state index in [2.05, 4.69) is 41.9 Å². The fourth-order valence-electron chi connectivity index (χ4n) is 1.76. The molecular weight excluding hydrogens is 186 g/mol. The lowest BCUT2D eigenvalue weighted by atomic mass is 10.2. The van der Waals surface area contributed by atoms with Crippen LogP contribution < -0.4 is 5.32 Å². The van der Waals surface area contributed by atoms with E-state index in [0.29, 0.717) is 6.04 Å². The van der Waals surface area contributed by atoms with E-state index in [9.17, 15) is 0 Å². The number of hydrogen-bond donors (Lipinski definition) is 1. The summed E-state index contributed by atoms with van der Waals surface area (Å²) >= 11 is 0. The molecule has 1 N–H and O–H groups in total. The topological polar surface area (TPSA) is 29.9 Å². The second-order valence-electron chi connectivity index (χ2n) is 4.27. The standard InChI is InChI=1S/C12H23N3/c1-5-6-12-9-11(7-8-13-4)14-15(12)10(2)3/h9-10,13H,5-8H2,1-4H3.